The van der Waals surface area contributed by atoms with E-state index in [0.717, 1.165) is 42.1 Å². The molecule has 1 aromatic rings. The summed E-state index contributed by atoms with van der Waals surface area (Å²) in [7, 11) is 0. The van der Waals surface area contributed by atoms with Gasteiger partial charge in [0.1, 0.15) is 12.1 Å². The molecule has 2 unspecified atom stereocenters. The first kappa shape index (κ1) is 21.9. The number of nitrogens with zero attached hydrogens (tertiary/aromatic N) is 2. The third-order valence-corrected chi connectivity index (χ3v) is 7.09. The summed E-state index contributed by atoms with van der Waals surface area (Å²) in [6.45, 7) is 4.27. The van der Waals surface area contributed by atoms with E-state index in [9.17, 15) is 14.7 Å². The van der Waals surface area contributed by atoms with Crippen LogP contribution >= 0.6 is 15.9 Å². The Kier molecular flexibility index (Phi) is 6.14. The fourth-order valence-electron chi connectivity index (χ4n) is 4.96. The van der Waals surface area contributed by atoms with Gasteiger partial charge in [-0.1, -0.05) is 54.8 Å². The van der Waals surface area contributed by atoms with Gasteiger partial charge in [0.05, 0.1) is 0 Å². The van der Waals surface area contributed by atoms with Crippen LogP contribution in [0.15, 0.2) is 33.9 Å². The molecule has 3 aliphatic rings. The minimum absolute atomic E-state index is 0.0344. The minimum atomic E-state index is -1.20. The van der Waals surface area contributed by atoms with Gasteiger partial charge in [-0.3, -0.25) is 4.79 Å². The van der Waals surface area contributed by atoms with Gasteiger partial charge >= 0.3 is 6.09 Å². The SMILES string of the molecule is CC(C)[C@H](NC(=O)O)C(=O)N1CC2(CCCC2)CC1C1=NOC(c2ccc(Br)cc2)O1. The van der Waals surface area contributed by atoms with E-state index in [2.05, 4.69) is 26.4 Å². The fraction of sp³-hybridized carbons (Fsp3) is 0.591. The quantitative estimate of drug-likeness (QED) is 0.637. The van der Waals surface area contributed by atoms with Crippen LogP contribution in [-0.2, 0) is 14.4 Å². The van der Waals surface area contributed by atoms with Crippen molar-refractivity contribution in [1.82, 2.24) is 10.2 Å². The Labute approximate surface area is 190 Å². The monoisotopic (exact) mass is 493 g/mol. The summed E-state index contributed by atoms with van der Waals surface area (Å²) >= 11 is 3.42. The summed E-state index contributed by atoms with van der Waals surface area (Å²) in [6.07, 6.45) is 3.28. The van der Waals surface area contributed by atoms with Crippen LogP contribution in [0.2, 0.25) is 0 Å². The number of amides is 2. The van der Waals surface area contributed by atoms with Crippen LogP contribution in [0.5, 0.6) is 0 Å². The van der Waals surface area contributed by atoms with Crippen LogP contribution in [0.3, 0.4) is 0 Å². The number of benzene rings is 1. The number of ether oxygens (including phenoxy) is 1. The van der Waals surface area contributed by atoms with Crippen LogP contribution < -0.4 is 5.32 Å². The van der Waals surface area contributed by atoms with Crippen molar-refractivity contribution in [3.8, 4) is 0 Å². The van der Waals surface area contributed by atoms with E-state index in [1.54, 1.807) is 4.90 Å². The number of halogens is 1. The molecule has 2 fully saturated rings. The molecule has 1 spiro atoms. The Bertz CT molecular complexity index is 866. The molecule has 1 saturated carbocycles. The Hall–Kier alpha value is -2.29. The molecule has 1 aromatic carbocycles. The Morgan fingerprint density at radius 2 is 1.94 bits per heavy atom. The third kappa shape index (κ3) is 4.51. The maximum absolute atomic E-state index is 13.5. The summed E-state index contributed by atoms with van der Waals surface area (Å²) in [5.41, 5.74) is 0.869. The van der Waals surface area contributed by atoms with Gasteiger partial charge in [0.25, 0.3) is 12.2 Å². The van der Waals surface area contributed by atoms with Crippen molar-refractivity contribution >= 4 is 33.8 Å². The minimum Gasteiger partial charge on any atom is -0.465 e. The van der Waals surface area contributed by atoms with E-state index >= 15 is 0 Å². The van der Waals surface area contributed by atoms with E-state index in [0.29, 0.717) is 12.4 Å². The van der Waals surface area contributed by atoms with Gasteiger partial charge in [-0.2, -0.15) is 0 Å². The summed E-state index contributed by atoms with van der Waals surface area (Å²) in [4.78, 5) is 32.1. The van der Waals surface area contributed by atoms with Crippen molar-refractivity contribution in [2.24, 2.45) is 16.5 Å². The fourth-order valence-corrected chi connectivity index (χ4v) is 5.23. The number of rotatable bonds is 5. The molecule has 0 bridgehead atoms. The second-order valence-corrected chi connectivity index (χ2v) is 10.0. The first-order valence-corrected chi connectivity index (χ1v) is 11.5. The number of hydrogen-bond donors (Lipinski definition) is 2. The molecule has 31 heavy (non-hydrogen) atoms. The molecule has 4 rings (SSSR count). The van der Waals surface area contributed by atoms with Crippen molar-refractivity contribution in [2.75, 3.05) is 6.54 Å². The molecule has 9 heteroatoms. The summed E-state index contributed by atoms with van der Waals surface area (Å²) < 4.78 is 7.01. The number of likely N-dealkylation sites (tertiary alicyclic amines) is 1. The molecule has 0 radical (unpaired) electrons. The normalized spacial score (nSPS) is 25.3. The molecule has 2 heterocycles. The maximum Gasteiger partial charge on any atom is 0.405 e. The van der Waals surface area contributed by atoms with E-state index < -0.39 is 18.4 Å². The van der Waals surface area contributed by atoms with Gasteiger partial charge in [-0.25, -0.2) is 4.79 Å². The molecular weight excluding hydrogens is 466 g/mol. The number of oxime groups is 1. The van der Waals surface area contributed by atoms with E-state index in [1.165, 1.54) is 0 Å². The van der Waals surface area contributed by atoms with Crippen molar-refractivity contribution in [2.45, 2.75) is 64.3 Å². The Morgan fingerprint density at radius 3 is 2.55 bits per heavy atom. The average molecular weight is 494 g/mol. The van der Waals surface area contributed by atoms with Crippen molar-refractivity contribution in [3.63, 3.8) is 0 Å². The van der Waals surface area contributed by atoms with Crippen LogP contribution in [0.4, 0.5) is 4.79 Å². The zero-order valence-corrected chi connectivity index (χ0v) is 19.3. The van der Waals surface area contributed by atoms with Gasteiger partial charge in [-0.05, 0) is 47.9 Å². The summed E-state index contributed by atoms with van der Waals surface area (Å²) in [5.74, 6) is -0.0185. The smallest absolute Gasteiger partial charge is 0.405 e. The van der Waals surface area contributed by atoms with Gasteiger partial charge in [-0.15, -0.1) is 0 Å². The van der Waals surface area contributed by atoms with Crippen molar-refractivity contribution in [3.05, 3.63) is 34.3 Å². The molecule has 2 N–H and O–H groups in total. The molecule has 0 aromatic heterocycles. The predicted molar refractivity (Wildman–Crippen MR) is 117 cm³/mol. The van der Waals surface area contributed by atoms with E-state index in [1.807, 2.05) is 38.1 Å². The first-order chi connectivity index (χ1) is 14.8. The largest absolute Gasteiger partial charge is 0.465 e. The number of carbonyl (C=O) groups is 2. The standard InChI is InChI=1S/C22H28BrN3O5/c1-13(2)17(24-21(28)29)19(27)26-12-22(9-3-4-10-22)11-16(26)18-25-31-20(30-18)14-5-7-15(23)8-6-14/h5-8,13,16-17,20,24H,3-4,9-12H2,1-2H3,(H,28,29)/t16?,17-,20?/m0/s1. The van der Waals surface area contributed by atoms with Gasteiger partial charge in [0.2, 0.25) is 5.91 Å². The highest BCUT2D eigenvalue weighted by Crippen LogP contribution is 2.49. The number of carbonyl (C=O) groups excluding carboxylic acids is 1. The van der Waals surface area contributed by atoms with Crippen molar-refractivity contribution in [1.29, 1.82) is 0 Å². The Balaban J connectivity index is 1.56. The molecule has 1 aliphatic carbocycles. The van der Waals surface area contributed by atoms with Gasteiger partial charge in [0.15, 0.2) is 0 Å². The van der Waals surface area contributed by atoms with E-state index in [-0.39, 0.29) is 23.3 Å². The van der Waals surface area contributed by atoms with Crippen LogP contribution in [0, 0.1) is 11.3 Å². The summed E-state index contributed by atoms with van der Waals surface area (Å²) in [6, 6.07) is 6.43. The summed E-state index contributed by atoms with van der Waals surface area (Å²) in [5, 5.41) is 15.8. The van der Waals surface area contributed by atoms with Crippen LogP contribution in [0.25, 0.3) is 0 Å². The zero-order chi connectivity index (χ0) is 22.2. The molecule has 2 amide bonds. The first-order valence-electron chi connectivity index (χ1n) is 10.7. The topological polar surface area (TPSA) is 100 Å². The van der Waals surface area contributed by atoms with Crippen molar-refractivity contribution < 1.29 is 24.3 Å². The average Bonchev–Trinajstić information content (AvgIpc) is 3.46. The lowest BCUT2D eigenvalue weighted by Crippen LogP contribution is -2.53. The molecule has 3 atom stereocenters. The highest BCUT2D eigenvalue weighted by Gasteiger charge is 2.52. The molecule has 168 valence electrons. The number of nitrogens with one attached hydrogen (secondary N) is 1. The number of hydrogen-bond acceptors (Lipinski definition) is 5. The lowest BCUT2D eigenvalue weighted by atomic mass is 9.84. The maximum atomic E-state index is 13.5. The number of carboxylic acid groups (broad SMARTS) is 1. The van der Waals surface area contributed by atoms with Crippen LogP contribution in [0.1, 0.15) is 57.8 Å². The zero-order valence-electron chi connectivity index (χ0n) is 17.7. The molecule has 1 saturated heterocycles. The van der Waals surface area contributed by atoms with Gasteiger partial charge in [0, 0.05) is 16.6 Å². The second kappa shape index (κ2) is 8.68. The Morgan fingerprint density at radius 1 is 1.26 bits per heavy atom. The molecule has 8 nitrogen and oxygen atoms in total. The highest BCUT2D eigenvalue weighted by molar-refractivity contribution is 9.10. The van der Waals surface area contributed by atoms with Gasteiger partial charge < -0.3 is 24.9 Å². The lowest BCUT2D eigenvalue weighted by molar-refractivity contribution is -0.135. The highest BCUT2D eigenvalue weighted by atomic mass is 79.9. The molecular formula is C22H28BrN3O5. The van der Waals surface area contributed by atoms with Crippen LogP contribution in [-0.4, -0.2) is 46.5 Å². The lowest BCUT2D eigenvalue weighted by Gasteiger charge is -2.30. The second-order valence-electron chi connectivity index (χ2n) is 9.10. The van der Waals surface area contributed by atoms with E-state index in [4.69, 9.17) is 9.57 Å². The predicted octanol–water partition coefficient (Wildman–Crippen LogP) is 4.26. The molecule has 2 aliphatic heterocycles. The third-order valence-electron chi connectivity index (χ3n) is 6.56.